The van der Waals surface area contributed by atoms with Crippen molar-refractivity contribution in [3.63, 3.8) is 0 Å². The van der Waals surface area contributed by atoms with Gasteiger partial charge in [-0.05, 0) is 47.1 Å². The zero-order valence-corrected chi connectivity index (χ0v) is 14.6. The highest BCUT2D eigenvalue weighted by molar-refractivity contribution is 9.10. The molecule has 0 bridgehead atoms. The topological polar surface area (TPSA) is 68.7 Å². The zero-order chi connectivity index (χ0) is 17.3. The maximum absolute atomic E-state index is 11.1. The molecule has 0 aliphatic heterocycles. The third-order valence-corrected chi connectivity index (χ3v) is 4.34. The molecule has 0 unspecified atom stereocenters. The van der Waals surface area contributed by atoms with Crippen molar-refractivity contribution in [3.8, 4) is 22.8 Å². The molecule has 0 radical (unpaired) electrons. The highest BCUT2D eigenvalue weighted by Crippen LogP contribution is 2.39. The fourth-order valence-corrected chi connectivity index (χ4v) is 3.13. The molecule has 0 aliphatic carbocycles. The van der Waals surface area contributed by atoms with E-state index in [0.717, 1.165) is 10.0 Å². The number of carbonyl (C=O) groups is 1. The fraction of sp³-hybridized carbons (Fsp3) is 0.111. The van der Waals surface area contributed by atoms with Crippen molar-refractivity contribution in [2.45, 2.75) is 6.92 Å². The molecule has 1 heterocycles. The summed E-state index contributed by atoms with van der Waals surface area (Å²) in [5, 5.41) is 9.74. The summed E-state index contributed by atoms with van der Waals surface area (Å²) in [6, 6.07) is 12.9. The largest absolute Gasteiger partial charge is 0.511 e. The van der Waals surface area contributed by atoms with E-state index in [1.165, 1.54) is 0 Å². The van der Waals surface area contributed by atoms with Crippen LogP contribution in [0.15, 0.2) is 46.9 Å². The van der Waals surface area contributed by atoms with Gasteiger partial charge in [0.2, 0.25) is 0 Å². The van der Waals surface area contributed by atoms with E-state index < -0.39 is 6.16 Å². The summed E-state index contributed by atoms with van der Waals surface area (Å²) in [4.78, 5) is 15.8. The van der Waals surface area contributed by atoms with Gasteiger partial charge in [-0.2, -0.15) is 0 Å². The number of ether oxygens (including phenoxy) is 2. The summed E-state index contributed by atoms with van der Waals surface area (Å²) in [6.45, 7) is 1.79. The molecule has 0 amide bonds. The molecule has 0 spiro atoms. The van der Waals surface area contributed by atoms with Crippen LogP contribution in [0.25, 0.3) is 22.2 Å². The lowest BCUT2D eigenvalue weighted by molar-refractivity contribution is 0.144. The number of hydrogen-bond donors (Lipinski definition) is 1. The van der Waals surface area contributed by atoms with Gasteiger partial charge in [0.1, 0.15) is 11.5 Å². The van der Waals surface area contributed by atoms with Crippen molar-refractivity contribution in [2.24, 2.45) is 0 Å². The Morgan fingerprint density at radius 1 is 1.21 bits per heavy atom. The van der Waals surface area contributed by atoms with Crippen molar-refractivity contribution < 1.29 is 19.4 Å². The molecule has 0 saturated carbocycles. The van der Waals surface area contributed by atoms with Crippen LogP contribution in [0.5, 0.6) is 11.5 Å². The number of benzene rings is 2. The monoisotopic (exact) mass is 387 g/mol. The Morgan fingerprint density at radius 3 is 2.67 bits per heavy atom. The van der Waals surface area contributed by atoms with Gasteiger partial charge in [-0.25, -0.2) is 9.78 Å². The minimum atomic E-state index is -1.36. The van der Waals surface area contributed by atoms with Gasteiger partial charge in [-0.1, -0.05) is 18.2 Å². The van der Waals surface area contributed by atoms with Crippen LogP contribution < -0.4 is 9.47 Å². The number of halogens is 1. The summed E-state index contributed by atoms with van der Waals surface area (Å²) >= 11 is 3.44. The van der Waals surface area contributed by atoms with Crippen molar-refractivity contribution in [1.29, 1.82) is 0 Å². The second kappa shape index (κ2) is 6.49. The van der Waals surface area contributed by atoms with Crippen LogP contribution in [0.2, 0.25) is 0 Å². The van der Waals surface area contributed by atoms with E-state index in [0.29, 0.717) is 27.9 Å². The molecule has 3 rings (SSSR count). The molecular formula is C18H14BrNO4. The molecular weight excluding hydrogens is 374 g/mol. The number of nitrogens with zero attached hydrogens (tertiary/aromatic N) is 1. The van der Waals surface area contributed by atoms with Gasteiger partial charge in [0.05, 0.1) is 23.7 Å². The number of pyridine rings is 1. The Morgan fingerprint density at radius 2 is 1.96 bits per heavy atom. The van der Waals surface area contributed by atoms with Crippen LogP contribution >= 0.6 is 15.9 Å². The van der Waals surface area contributed by atoms with Crippen molar-refractivity contribution >= 4 is 33.0 Å². The average molecular weight is 388 g/mol. The maximum atomic E-state index is 11.1. The Balaban J connectivity index is 2.33. The van der Waals surface area contributed by atoms with E-state index >= 15 is 0 Å². The normalized spacial score (nSPS) is 10.6. The fourth-order valence-electron chi connectivity index (χ4n) is 2.60. The minimum Gasteiger partial charge on any atom is -0.497 e. The van der Waals surface area contributed by atoms with E-state index in [4.69, 9.17) is 19.6 Å². The molecule has 3 aromatic rings. The predicted octanol–water partition coefficient (Wildman–Crippen LogP) is 5.04. The average Bonchev–Trinajstić information content (AvgIpc) is 2.57. The molecule has 122 valence electrons. The second-order valence-electron chi connectivity index (χ2n) is 5.15. The highest BCUT2D eigenvalue weighted by Gasteiger charge is 2.19. The SMILES string of the molecule is COc1cccc(-c2nc3cccc(Br)c3c(OC(=O)O)c2C)c1. The molecule has 5 nitrogen and oxygen atoms in total. The minimum absolute atomic E-state index is 0.276. The molecule has 6 heteroatoms. The third-order valence-electron chi connectivity index (χ3n) is 3.68. The van der Waals surface area contributed by atoms with Crippen LogP contribution in [-0.2, 0) is 0 Å². The first-order valence-corrected chi connectivity index (χ1v) is 7.94. The first-order chi connectivity index (χ1) is 11.5. The van der Waals surface area contributed by atoms with Gasteiger partial charge in [0, 0.05) is 15.6 Å². The van der Waals surface area contributed by atoms with Gasteiger partial charge >= 0.3 is 6.16 Å². The number of methoxy groups -OCH3 is 1. The van der Waals surface area contributed by atoms with Gasteiger partial charge < -0.3 is 14.6 Å². The number of aromatic nitrogens is 1. The molecule has 0 fully saturated rings. The van der Waals surface area contributed by atoms with E-state index in [1.54, 1.807) is 14.0 Å². The van der Waals surface area contributed by atoms with Crippen molar-refractivity contribution in [2.75, 3.05) is 7.11 Å². The molecule has 1 N–H and O–H groups in total. The van der Waals surface area contributed by atoms with E-state index in [1.807, 2.05) is 42.5 Å². The molecule has 0 saturated heterocycles. The van der Waals surface area contributed by atoms with E-state index in [-0.39, 0.29) is 5.75 Å². The van der Waals surface area contributed by atoms with Crippen molar-refractivity contribution in [1.82, 2.24) is 4.98 Å². The maximum Gasteiger partial charge on any atom is 0.511 e. The lowest BCUT2D eigenvalue weighted by Crippen LogP contribution is -2.06. The summed E-state index contributed by atoms with van der Waals surface area (Å²) in [5.41, 5.74) is 2.76. The van der Waals surface area contributed by atoms with Crippen molar-refractivity contribution in [3.05, 3.63) is 52.5 Å². The van der Waals surface area contributed by atoms with Crippen LogP contribution in [0.1, 0.15) is 5.56 Å². The Bertz CT molecular complexity index is 940. The second-order valence-corrected chi connectivity index (χ2v) is 6.00. The summed E-state index contributed by atoms with van der Waals surface area (Å²) < 4.78 is 11.1. The summed E-state index contributed by atoms with van der Waals surface area (Å²) in [7, 11) is 1.59. The Labute approximate surface area is 147 Å². The van der Waals surface area contributed by atoms with Gasteiger partial charge in [-0.15, -0.1) is 0 Å². The molecule has 0 atom stereocenters. The van der Waals surface area contributed by atoms with E-state index in [2.05, 4.69) is 15.9 Å². The number of fused-ring (bicyclic) bond motifs is 1. The first kappa shape index (κ1) is 16.3. The Hall–Kier alpha value is -2.60. The summed E-state index contributed by atoms with van der Waals surface area (Å²) in [6.07, 6.45) is -1.36. The molecule has 1 aromatic heterocycles. The molecule has 24 heavy (non-hydrogen) atoms. The smallest absolute Gasteiger partial charge is 0.497 e. The van der Waals surface area contributed by atoms with Gasteiger partial charge in [-0.3, -0.25) is 0 Å². The number of hydrogen-bond acceptors (Lipinski definition) is 4. The lowest BCUT2D eigenvalue weighted by Gasteiger charge is -2.14. The van der Waals surface area contributed by atoms with Crippen LogP contribution in [0.3, 0.4) is 0 Å². The van der Waals surface area contributed by atoms with Crippen LogP contribution in [0, 0.1) is 6.92 Å². The number of carboxylic acid groups (broad SMARTS) is 1. The standard InChI is InChI=1S/C18H14BrNO4/c1-10-16(11-5-3-6-12(9-11)23-2)20-14-8-4-7-13(19)15(14)17(10)24-18(21)22/h3-9H,1-2H3,(H,21,22). The zero-order valence-electron chi connectivity index (χ0n) is 13.0. The molecule has 2 aromatic carbocycles. The number of rotatable bonds is 3. The Kier molecular flexibility index (Phi) is 4.40. The van der Waals surface area contributed by atoms with E-state index in [9.17, 15) is 4.79 Å². The third kappa shape index (κ3) is 2.92. The predicted molar refractivity (Wildman–Crippen MR) is 94.8 cm³/mol. The highest BCUT2D eigenvalue weighted by atomic mass is 79.9. The lowest BCUT2D eigenvalue weighted by atomic mass is 10.0. The van der Waals surface area contributed by atoms with Gasteiger partial charge in [0.15, 0.2) is 0 Å². The van der Waals surface area contributed by atoms with Crippen LogP contribution in [-0.4, -0.2) is 23.4 Å². The summed E-state index contributed by atoms with van der Waals surface area (Å²) in [5.74, 6) is 0.974. The first-order valence-electron chi connectivity index (χ1n) is 7.15. The van der Waals surface area contributed by atoms with Crippen LogP contribution in [0.4, 0.5) is 4.79 Å². The molecule has 0 aliphatic rings. The van der Waals surface area contributed by atoms with Gasteiger partial charge in [0.25, 0.3) is 0 Å². The quantitative estimate of drug-likeness (QED) is 0.637.